The van der Waals surface area contributed by atoms with Crippen molar-refractivity contribution >= 4 is 15.9 Å². The number of nitrogens with one attached hydrogen (secondary N) is 2. The maximum Gasteiger partial charge on any atom is 0.251 e. The summed E-state index contributed by atoms with van der Waals surface area (Å²) in [5.74, 6) is -0.881. The number of rotatable bonds is 5. The van der Waals surface area contributed by atoms with Crippen LogP contribution in [0.1, 0.15) is 15.9 Å². The molecule has 0 bridgehead atoms. The average Bonchev–Trinajstić information content (AvgIpc) is 2.45. The second kappa shape index (κ2) is 6.63. The summed E-state index contributed by atoms with van der Waals surface area (Å²) in [6.07, 6.45) is 0.464. The van der Waals surface area contributed by atoms with Crippen LogP contribution in [0.3, 0.4) is 0 Å². The van der Waals surface area contributed by atoms with Crippen LogP contribution in [-0.4, -0.2) is 31.0 Å². The summed E-state index contributed by atoms with van der Waals surface area (Å²) in [5, 5.41) is 16.8. The van der Waals surface area contributed by atoms with Gasteiger partial charge in [0.1, 0.15) is 0 Å². The van der Waals surface area contributed by atoms with Crippen molar-refractivity contribution in [3.63, 3.8) is 0 Å². The van der Waals surface area contributed by atoms with E-state index in [4.69, 9.17) is 5.14 Å². The normalized spacial score (nSPS) is 11.2. The first kappa shape index (κ1) is 16.7. The van der Waals surface area contributed by atoms with Crippen LogP contribution >= 0.6 is 0 Å². The average molecular weight is 337 g/mol. The third-order valence-electron chi connectivity index (χ3n) is 3.04. The number of benzene rings is 1. The molecule has 2 aromatic rings. The maximum atomic E-state index is 11.9. The van der Waals surface area contributed by atoms with Crippen molar-refractivity contribution in [1.82, 2.24) is 10.3 Å². The zero-order valence-electron chi connectivity index (χ0n) is 11.9. The van der Waals surface area contributed by atoms with Crippen molar-refractivity contribution < 1.29 is 18.3 Å². The Kier molecular flexibility index (Phi) is 4.82. The van der Waals surface area contributed by atoms with Crippen molar-refractivity contribution in [3.05, 3.63) is 57.9 Å². The summed E-state index contributed by atoms with van der Waals surface area (Å²) in [6.45, 7) is 0.279. The molecule has 0 saturated heterocycles. The lowest BCUT2D eigenvalue weighted by Gasteiger charge is -2.06. The Morgan fingerprint density at radius 3 is 2.43 bits per heavy atom. The summed E-state index contributed by atoms with van der Waals surface area (Å²) < 4.78 is 22.3. The monoisotopic (exact) mass is 337 g/mol. The van der Waals surface area contributed by atoms with Gasteiger partial charge < -0.3 is 10.4 Å². The SMILES string of the molecule is NS(=O)(=O)c1ccc(CCNC(=O)c2cc(O)[nH]c(=O)c2)cc1. The minimum absolute atomic E-state index is 0.0178. The molecule has 122 valence electrons. The highest BCUT2D eigenvalue weighted by molar-refractivity contribution is 7.89. The number of carbonyl (C=O) groups is 1. The largest absolute Gasteiger partial charge is 0.494 e. The summed E-state index contributed by atoms with van der Waals surface area (Å²) in [4.78, 5) is 25.2. The molecular weight excluding hydrogens is 322 g/mol. The number of H-pyrrole nitrogens is 1. The number of hydrogen-bond donors (Lipinski definition) is 4. The standard InChI is InChI=1S/C14H15N3O5S/c15-23(21,22)11-3-1-9(2-4-11)5-6-16-14(20)10-7-12(18)17-13(19)8-10/h1-4,7-8H,5-6H2,(H,16,20)(H2,15,21,22)(H2,17,18,19). The number of sulfonamides is 1. The van der Waals surface area contributed by atoms with Gasteiger partial charge in [0.15, 0.2) is 5.88 Å². The number of pyridine rings is 1. The Balaban J connectivity index is 1.94. The summed E-state index contributed by atoms with van der Waals surface area (Å²) in [6, 6.07) is 8.21. The molecule has 0 aliphatic heterocycles. The van der Waals surface area contributed by atoms with Crippen LogP contribution in [0.25, 0.3) is 0 Å². The molecule has 0 atom stereocenters. The molecule has 0 spiro atoms. The number of nitrogens with two attached hydrogens (primary N) is 1. The number of hydrogen-bond acceptors (Lipinski definition) is 5. The van der Waals surface area contributed by atoms with Gasteiger partial charge in [-0.2, -0.15) is 0 Å². The molecule has 0 aliphatic carbocycles. The minimum atomic E-state index is -3.72. The van der Waals surface area contributed by atoms with Crippen molar-refractivity contribution in [2.45, 2.75) is 11.3 Å². The first-order valence-corrected chi connectivity index (χ1v) is 8.13. The van der Waals surface area contributed by atoms with E-state index in [0.29, 0.717) is 6.42 Å². The molecule has 9 heteroatoms. The topological polar surface area (TPSA) is 142 Å². The number of aromatic hydroxyl groups is 1. The summed E-state index contributed by atoms with van der Waals surface area (Å²) in [7, 11) is -3.72. The van der Waals surface area contributed by atoms with Gasteiger partial charge in [-0.1, -0.05) is 12.1 Å². The molecule has 0 fully saturated rings. The number of aromatic nitrogens is 1. The van der Waals surface area contributed by atoms with Crippen molar-refractivity contribution in [3.8, 4) is 5.88 Å². The van der Waals surface area contributed by atoms with Crippen LogP contribution < -0.4 is 16.0 Å². The van der Waals surface area contributed by atoms with Gasteiger partial charge in [0.05, 0.1) is 10.5 Å². The van der Waals surface area contributed by atoms with E-state index in [1.807, 2.05) is 0 Å². The first-order valence-electron chi connectivity index (χ1n) is 6.59. The van der Waals surface area contributed by atoms with Crippen LogP contribution in [0.4, 0.5) is 0 Å². The van der Waals surface area contributed by atoms with Gasteiger partial charge in [-0.15, -0.1) is 0 Å². The molecule has 8 nitrogen and oxygen atoms in total. The van der Waals surface area contributed by atoms with Gasteiger partial charge in [0.25, 0.3) is 11.5 Å². The van der Waals surface area contributed by atoms with Crippen molar-refractivity contribution in [2.75, 3.05) is 6.54 Å². The predicted molar refractivity (Wildman–Crippen MR) is 82.6 cm³/mol. The molecule has 0 aliphatic rings. The van der Waals surface area contributed by atoms with E-state index in [9.17, 15) is 23.1 Å². The molecule has 0 unspecified atom stereocenters. The fourth-order valence-electron chi connectivity index (χ4n) is 1.93. The zero-order valence-corrected chi connectivity index (χ0v) is 12.8. The Bertz CT molecular complexity index is 872. The van der Waals surface area contributed by atoms with Gasteiger partial charge in [0, 0.05) is 18.7 Å². The number of primary sulfonamides is 1. The molecule has 0 radical (unpaired) electrons. The third-order valence-corrected chi connectivity index (χ3v) is 3.97. The van der Waals surface area contributed by atoms with Crippen LogP contribution in [0.15, 0.2) is 46.1 Å². The second-order valence-corrected chi connectivity index (χ2v) is 6.37. The Morgan fingerprint density at radius 1 is 1.22 bits per heavy atom. The van der Waals surface area contributed by atoms with Gasteiger partial charge in [0.2, 0.25) is 10.0 Å². The quantitative estimate of drug-likeness (QED) is 0.592. The highest BCUT2D eigenvalue weighted by Crippen LogP contribution is 2.09. The molecule has 1 aromatic heterocycles. The number of aromatic amines is 1. The number of carbonyl (C=O) groups excluding carboxylic acids is 1. The molecule has 1 aromatic carbocycles. The van der Waals surface area contributed by atoms with Gasteiger partial charge >= 0.3 is 0 Å². The Hall–Kier alpha value is -2.65. The summed E-state index contributed by atoms with van der Waals surface area (Å²) in [5.41, 5.74) is 0.288. The predicted octanol–water partition coefficient (Wildman–Crippen LogP) is -0.300. The fraction of sp³-hybridized carbons (Fsp3) is 0.143. The van der Waals surface area contributed by atoms with E-state index < -0.39 is 21.5 Å². The highest BCUT2D eigenvalue weighted by Gasteiger charge is 2.09. The van der Waals surface area contributed by atoms with Gasteiger partial charge in [-0.3, -0.25) is 14.6 Å². The molecule has 1 heterocycles. The van der Waals surface area contributed by atoms with Crippen LogP contribution in [0, 0.1) is 0 Å². The zero-order chi connectivity index (χ0) is 17.0. The van der Waals surface area contributed by atoms with Crippen LogP contribution in [0.2, 0.25) is 0 Å². The van der Waals surface area contributed by atoms with E-state index in [1.165, 1.54) is 12.1 Å². The first-order chi connectivity index (χ1) is 10.8. The van der Waals surface area contributed by atoms with E-state index in [1.54, 1.807) is 12.1 Å². The van der Waals surface area contributed by atoms with E-state index in [0.717, 1.165) is 17.7 Å². The molecule has 23 heavy (non-hydrogen) atoms. The van der Waals surface area contributed by atoms with Gasteiger partial charge in [-0.05, 0) is 24.1 Å². The van der Waals surface area contributed by atoms with E-state index in [-0.39, 0.29) is 22.9 Å². The van der Waals surface area contributed by atoms with Crippen LogP contribution in [-0.2, 0) is 16.4 Å². The molecule has 1 amide bonds. The maximum absolute atomic E-state index is 11.9. The Labute approximate surface area is 132 Å². The minimum Gasteiger partial charge on any atom is -0.494 e. The molecule has 5 N–H and O–H groups in total. The van der Waals surface area contributed by atoms with E-state index >= 15 is 0 Å². The van der Waals surface area contributed by atoms with Gasteiger partial charge in [-0.25, -0.2) is 13.6 Å². The van der Waals surface area contributed by atoms with Crippen molar-refractivity contribution in [1.29, 1.82) is 0 Å². The second-order valence-electron chi connectivity index (χ2n) is 4.81. The Morgan fingerprint density at radius 2 is 1.87 bits per heavy atom. The lowest BCUT2D eigenvalue weighted by molar-refractivity contribution is 0.0953. The third kappa shape index (κ3) is 4.66. The molecule has 2 rings (SSSR count). The lowest BCUT2D eigenvalue weighted by atomic mass is 10.1. The highest BCUT2D eigenvalue weighted by atomic mass is 32.2. The van der Waals surface area contributed by atoms with E-state index in [2.05, 4.69) is 10.3 Å². The lowest BCUT2D eigenvalue weighted by Crippen LogP contribution is -2.26. The smallest absolute Gasteiger partial charge is 0.251 e. The fourth-order valence-corrected chi connectivity index (χ4v) is 2.44. The van der Waals surface area contributed by atoms with Crippen molar-refractivity contribution in [2.24, 2.45) is 5.14 Å². The molecular formula is C14H15N3O5S. The summed E-state index contributed by atoms with van der Waals surface area (Å²) >= 11 is 0. The molecule has 0 saturated carbocycles. The number of amides is 1. The van der Waals surface area contributed by atoms with Crippen LogP contribution in [0.5, 0.6) is 5.88 Å².